The minimum absolute atomic E-state index is 0. The highest BCUT2D eigenvalue weighted by Crippen LogP contribution is 2.13. The van der Waals surface area contributed by atoms with Gasteiger partial charge in [-0.2, -0.15) is 0 Å². The van der Waals surface area contributed by atoms with Gasteiger partial charge in [0.2, 0.25) is 5.91 Å². The van der Waals surface area contributed by atoms with Crippen LogP contribution >= 0.6 is 35.3 Å². The molecule has 1 heterocycles. The first kappa shape index (κ1) is 23.4. The molecule has 0 spiro atoms. The topological polar surface area (TPSA) is 78.4 Å². The van der Waals surface area contributed by atoms with Crippen LogP contribution < -0.4 is 16.0 Å². The Morgan fingerprint density at radius 2 is 2.00 bits per heavy atom. The quantitative estimate of drug-likeness (QED) is 0.294. The molecule has 2 rings (SSSR count). The van der Waals surface area contributed by atoms with E-state index in [0.717, 1.165) is 30.1 Å². The van der Waals surface area contributed by atoms with Crippen molar-refractivity contribution in [2.24, 2.45) is 4.99 Å². The number of aliphatic imine (C=N–C) groups is 1. The number of nitrogens with one attached hydrogen (secondary N) is 3. The molecule has 0 radical (unpaired) electrons. The summed E-state index contributed by atoms with van der Waals surface area (Å²) in [6, 6.07) is 7.86. The zero-order chi connectivity index (χ0) is 18.8. The molecule has 0 aliphatic heterocycles. The smallest absolute Gasteiger partial charge is 0.246 e. The number of hydrogen-bond donors (Lipinski definition) is 3. The number of guanidine groups is 1. The molecule has 6 nitrogen and oxygen atoms in total. The van der Waals surface area contributed by atoms with Crippen molar-refractivity contribution in [3.8, 4) is 0 Å². The highest BCUT2D eigenvalue weighted by molar-refractivity contribution is 14.0. The summed E-state index contributed by atoms with van der Waals surface area (Å²) in [6.45, 7) is 7.58. The van der Waals surface area contributed by atoms with Crippen molar-refractivity contribution >= 4 is 52.9 Å². The SMILES string of the molecule is CCNC(=NCC(=O)Nc1cccc(CC)c1)NCc1ncc(CC)s1.I. The second-order valence-corrected chi connectivity index (χ2v) is 6.92. The fourth-order valence-corrected chi connectivity index (χ4v) is 3.12. The van der Waals surface area contributed by atoms with Crippen molar-refractivity contribution in [1.82, 2.24) is 15.6 Å². The van der Waals surface area contributed by atoms with Crippen LogP contribution in [0.15, 0.2) is 35.5 Å². The number of thiazole rings is 1. The van der Waals surface area contributed by atoms with Gasteiger partial charge in [0.05, 0.1) is 6.54 Å². The van der Waals surface area contributed by atoms with Crippen molar-refractivity contribution < 1.29 is 4.79 Å². The number of aromatic nitrogens is 1. The third-order valence-corrected chi connectivity index (χ3v) is 4.84. The van der Waals surface area contributed by atoms with Gasteiger partial charge in [-0.3, -0.25) is 4.79 Å². The van der Waals surface area contributed by atoms with Crippen molar-refractivity contribution in [3.05, 3.63) is 45.9 Å². The maximum atomic E-state index is 12.2. The molecule has 0 unspecified atom stereocenters. The summed E-state index contributed by atoms with van der Waals surface area (Å²) in [6.07, 6.45) is 3.84. The van der Waals surface area contributed by atoms with Gasteiger partial charge in [-0.25, -0.2) is 9.98 Å². The lowest BCUT2D eigenvalue weighted by Crippen LogP contribution is -2.37. The first-order chi connectivity index (χ1) is 12.6. The highest BCUT2D eigenvalue weighted by atomic mass is 127. The van der Waals surface area contributed by atoms with E-state index in [4.69, 9.17) is 0 Å². The van der Waals surface area contributed by atoms with Gasteiger partial charge in [0, 0.05) is 23.3 Å². The Kier molecular flexibility index (Phi) is 11.0. The first-order valence-electron chi connectivity index (χ1n) is 8.99. The molecule has 0 aliphatic carbocycles. The van der Waals surface area contributed by atoms with Crippen LogP contribution in [0.1, 0.15) is 36.2 Å². The van der Waals surface area contributed by atoms with Gasteiger partial charge < -0.3 is 16.0 Å². The van der Waals surface area contributed by atoms with Crippen molar-refractivity contribution in [1.29, 1.82) is 0 Å². The molecule has 27 heavy (non-hydrogen) atoms. The van der Waals surface area contributed by atoms with Crippen LogP contribution in [0.4, 0.5) is 5.69 Å². The fraction of sp³-hybridized carbons (Fsp3) is 0.421. The molecule has 3 N–H and O–H groups in total. The Hall–Kier alpha value is -1.68. The lowest BCUT2D eigenvalue weighted by atomic mass is 10.1. The molecule has 0 saturated heterocycles. The van der Waals surface area contributed by atoms with Crippen LogP contribution in [0.2, 0.25) is 0 Å². The monoisotopic (exact) mass is 501 g/mol. The molecule has 0 atom stereocenters. The molecule has 2 aromatic rings. The molecule has 0 aliphatic rings. The average Bonchev–Trinajstić information content (AvgIpc) is 3.12. The van der Waals surface area contributed by atoms with E-state index in [2.05, 4.69) is 39.8 Å². The van der Waals surface area contributed by atoms with E-state index in [-0.39, 0.29) is 36.4 Å². The van der Waals surface area contributed by atoms with Gasteiger partial charge in [-0.15, -0.1) is 35.3 Å². The van der Waals surface area contributed by atoms with Gasteiger partial charge in [0.15, 0.2) is 5.96 Å². The number of aryl methyl sites for hydroxylation is 2. The van der Waals surface area contributed by atoms with Crippen LogP contribution in [0.25, 0.3) is 0 Å². The summed E-state index contributed by atoms with van der Waals surface area (Å²) in [4.78, 5) is 22.1. The zero-order valence-electron chi connectivity index (χ0n) is 16.0. The van der Waals surface area contributed by atoms with E-state index in [1.54, 1.807) is 11.3 Å². The third-order valence-electron chi connectivity index (χ3n) is 3.70. The van der Waals surface area contributed by atoms with E-state index in [0.29, 0.717) is 12.5 Å². The number of halogens is 1. The second kappa shape index (κ2) is 12.7. The van der Waals surface area contributed by atoms with Gasteiger partial charge in [-0.1, -0.05) is 26.0 Å². The lowest BCUT2D eigenvalue weighted by molar-refractivity contribution is -0.114. The normalized spacial score (nSPS) is 10.9. The van der Waals surface area contributed by atoms with E-state index >= 15 is 0 Å². The Balaban J connectivity index is 0.00000364. The number of nitrogens with zero attached hydrogens (tertiary/aromatic N) is 2. The maximum Gasteiger partial charge on any atom is 0.246 e. The summed E-state index contributed by atoms with van der Waals surface area (Å²) < 4.78 is 0. The predicted molar refractivity (Wildman–Crippen MR) is 124 cm³/mol. The zero-order valence-corrected chi connectivity index (χ0v) is 19.2. The van der Waals surface area contributed by atoms with E-state index in [1.807, 2.05) is 37.4 Å². The molecule has 0 bridgehead atoms. The number of carbonyl (C=O) groups is 1. The molecular weight excluding hydrogens is 473 g/mol. The van der Waals surface area contributed by atoms with Crippen LogP contribution in [0, 0.1) is 0 Å². The summed E-state index contributed by atoms with van der Waals surface area (Å²) >= 11 is 1.69. The van der Waals surface area contributed by atoms with Crippen molar-refractivity contribution in [2.75, 3.05) is 18.4 Å². The minimum atomic E-state index is -0.141. The van der Waals surface area contributed by atoms with E-state index in [9.17, 15) is 4.79 Å². The molecule has 1 amide bonds. The summed E-state index contributed by atoms with van der Waals surface area (Å²) in [7, 11) is 0. The minimum Gasteiger partial charge on any atom is -0.357 e. The predicted octanol–water partition coefficient (Wildman–Crippen LogP) is 3.58. The van der Waals surface area contributed by atoms with Crippen molar-refractivity contribution in [2.45, 2.75) is 40.2 Å². The van der Waals surface area contributed by atoms with Crippen LogP contribution in [-0.2, 0) is 24.2 Å². The third kappa shape index (κ3) is 8.25. The number of hydrogen-bond acceptors (Lipinski definition) is 4. The first-order valence-corrected chi connectivity index (χ1v) is 9.80. The fourth-order valence-electron chi connectivity index (χ4n) is 2.31. The van der Waals surface area contributed by atoms with Gasteiger partial charge >= 0.3 is 0 Å². The molecule has 1 aromatic heterocycles. The number of carbonyl (C=O) groups excluding carboxylic acids is 1. The standard InChI is InChI=1S/C19H27N5OS.HI/c1-4-14-8-7-9-15(10-14)24-17(25)12-22-19(20-6-3)23-13-18-21-11-16(5-2)26-18;/h7-11H,4-6,12-13H2,1-3H3,(H,24,25)(H2,20,22,23);1H. The average molecular weight is 501 g/mol. The molecule has 0 fully saturated rings. The van der Waals surface area contributed by atoms with E-state index in [1.165, 1.54) is 10.4 Å². The lowest BCUT2D eigenvalue weighted by Gasteiger charge is -2.10. The van der Waals surface area contributed by atoms with Gasteiger partial charge in [0.1, 0.15) is 11.6 Å². The molecule has 8 heteroatoms. The Morgan fingerprint density at radius 1 is 1.19 bits per heavy atom. The van der Waals surface area contributed by atoms with Crippen LogP contribution in [0.3, 0.4) is 0 Å². The summed E-state index contributed by atoms with van der Waals surface area (Å²) in [5.41, 5.74) is 1.99. The van der Waals surface area contributed by atoms with Crippen LogP contribution in [0.5, 0.6) is 0 Å². The number of rotatable bonds is 8. The molecular formula is C19H28IN5OS. The molecule has 0 saturated carbocycles. The molecule has 148 valence electrons. The molecule has 1 aromatic carbocycles. The largest absolute Gasteiger partial charge is 0.357 e. The Bertz CT molecular complexity index is 747. The highest BCUT2D eigenvalue weighted by Gasteiger charge is 2.05. The Labute approximate surface area is 182 Å². The summed E-state index contributed by atoms with van der Waals surface area (Å²) in [5, 5.41) is 10.3. The number of amides is 1. The number of benzene rings is 1. The Morgan fingerprint density at radius 3 is 2.67 bits per heavy atom. The van der Waals surface area contributed by atoms with Crippen LogP contribution in [-0.4, -0.2) is 29.9 Å². The van der Waals surface area contributed by atoms with Gasteiger partial charge in [-0.05, 0) is 37.5 Å². The number of anilines is 1. The van der Waals surface area contributed by atoms with Gasteiger partial charge in [0.25, 0.3) is 0 Å². The second-order valence-electron chi connectivity index (χ2n) is 5.72. The summed E-state index contributed by atoms with van der Waals surface area (Å²) in [5.74, 6) is 0.469. The van der Waals surface area contributed by atoms with E-state index < -0.39 is 0 Å². The maximum absolute atomic E-state index is 12.2. The van der Waals surface area contributed by atoms with Crippen molar-refractivity contribution in [3.63, 3.8) is 0 Å².